The molecule has 0 radical (unpaired) electrons. The number of carboxylic acid groups (broad SMARTS) is 2. The fraction of sp³-hybridized carbons (Fsp3) is 0.412. The molecule has 12 nitrogen and oxygen atoms in total. The Balaban J connectivity index is 0.000000825. The lowest BCUT2D eigenvalue weighted by molar-refractivity contribution is -0.135. The number of esters is 2. The van der Waals surface area contributed by atoms with Gasteiger partial charge in [-0.05, 0) is 86.3 Å². The minimum atomic E-state index is -0.833. The van der Waals surface area contributed by atoms with Gasteiger partial charge in [0.2, 0.25) is 0 Å². The van der Waals surface area contributed by atoms with E-state index >= 15 is 0 Å². The Bertz CT molecular complexity index is 1440. The monoisotopic (exact) mass is 638 g/mol. The zero-order valence-electron chi connectivity index (χ0n) is 26.6. The Labute approximate surface area is 268 Å². The highest BCUT2D eigenvalue weighted by molar-refractivity contribution is 5.86. The molecule has 0 saturated carbocycles. The summed E-state index contributed by atoms with van der Waals surface area (Å²) in [5.41, 5.74) is 15.6. The van der Waals surface area contributed by atoms with E-state index < -0.39 is 11.9 Å². The lowest BCUT2D eigenvalue weighted by Crippen LogP contribution is -2.08. The van der Waals surface area contributed by atoms with Crippen LogP contribution >= 0.6 is 0 Å². The van der Waals surface area contributed by atoms with E-state index in [1.165, 1.54) is 0 Å². The van der Waals surface area contributed by atoms with Gasteiger partial charge < -0.3 is 41.1 Å². The summed E-state index contributed by atoms with van der Waals surface area (Å²) in [5, 5.41) is 16.9. The van der Waals surface area contributed by atoms with E-state index in [4.69, 9.17) is 40.7 Å². The zero-order chi connectivity index (χ0) is 33.9. The van der Waals surface area contributed by atoms with Crippen LogP contribution in [-0.2, 0) is 32.0 Å². The number of benzene rings is 2. The number of carbonyl (C=O) groups is 4. The van der Waals surface area contributed by atoms with Crippen LogP contribution in [-0.4, -0.2) is 57.1 Å². The number of aliphatic carboxylic acids is 2. The van der Waals surface area contributed by atoms with E-state index in [1.807, 2.05) is 48.8 Å². The average molecular weight is 639 g/mol. The number of nitrogens with one attached hydrogen (secondary N) is 2. The highest BCUT2D eigenvalue weighted by Crippen LogP contribution is 2.26. The second-order valence-corrected chi connectivity index (χ2v) is 10.7. The molecule has 0 saturated heterocycles. The predicted molar refractivity (Wildman–Crippen MR) is 177 cm³/mol. The van der Waals surface area contributed by atoms with Crippen molar-refractivity contribution in [3.8, 4) is 11.5 Å². The molecule has 0 fully saturated rings. The SMILES string of the molecule is CC(=O)O.CC(=O)O.NCCc1c[nH]c2ccc(OC(=O)CCCCCCCCC(=O)Oc3ccc4[nH]cc(CCN)c4c3)cc12. The summed E-state index contributed by atoms with van der Waals surface area (Å²) in [4.78, 5) is 48.9. The molecule has 0 unspecified atom stereocenters. The van der Waals surface area contributed by atoms with Gasteiger partial charge in [0.1, 0.15) is 11.5 Å². The van der Waals surface area contributed by atoms with Crippen molar-refractivity contribution < 1.29 is 38.9 Å². The summed E-state index contributed by atoms with van der Waals surface area (Å²) in [5.74, 6) is -0.959. The summed E-state index contributed by atoms with van der Waals surface area (Å²) in [6.07, 6.45) is 11.8. The van der Waals surface area contributed by atoms with Crippen LogP contribution in [0.1, 0.15) is 76.3 Å². The van der Waals surface area contributed by atoms with E-state index in [1.54, 1.807) is 0 Å². The molecule has 0 atom stereocenters. The van der Waals surface area contributed by atoms with Crippen molar-refractivity contribution in [2.75, 3.05) is 13.1 Å². The third kappa shape index (κ3) is 14.0. The fourth-order valence-corrected chi connectivity index (χ4v) is 4.78. The lowest BCUT2D eigenvalue weighted by atomic mass is 10.1. The normalized spacial score (nSPS) is 10.4. The molecule has 0 bridgehead atoms. The summed E-state index contributed by atoms with van der Waals surface area (Å²) >= 11 is 0. The first kappa shape index (κ1) is 37.5. The highest BCUT2D eigenvalue weighted by atomic mass is 16.5. The van der Waals surface area contributed by atoms with Crippen molar-refractivity contribution in [1.29, 1.82) is 0 Å². The third-order valence-electron chi connectivity index (χ3n) is 6.78. The van der Waals surface area contributed by atoms with Crippen LogP contribution in [0.3, 0.4) is 0 Å². The molecule has 0 amide bonds. The van der Waals surface area contributed by atoms with Gasteiger partial charge in [0.15, 0.2) is 0 Å². The molecule has 0 aliphatic carbocycles. The van der Waals surface area contributed by atoms with Crippen LogP contribution < -0.4 is 20.9 Å². The number of unbranched alkanes of at least 4 members (excludes halogenated alkanes) is 5. The van der Waals surface area contributed by atoms with Gasteiger partial charge in [-0.1, -0.05) is 25.7 Å². The predicted octanol–water partition coefficient (Wildman–Crippen LogP) is 5.47. The van der Waals surface area contributed by atoms with Gasteiger partial charge in [-0.3, -0.25) is 19.2 Å². The van der Waals surface area contributed by atoms with E-state index in [-0.39, 0.29) is 11.9 Å². The first-order valence-corrected chi connectivity index (χ1v) is 15.4. The Kier molecular flexibility index (Phi) is 16.6. The van der Waals surface area contributed by atoms with Crippen LogP contribution in [0.15, 0.2) is 48.8 Å². The van der Waals surface area contributed by atoms with Crippen LogP contribution in [0, 0.1) is 0 Å². The second kappa shape index (κ2) is 20.4. The van der Waals surface area contributed by atoms with Crippen molar-refractivity contribution in [3.63, 3.8) is 0 Å². The number of hydrogen-bond acceptors (Lipinski definition) is 8. The van der Waals surface area contributed by atoms with Gasteiger partial charge in [0.25, 0.3) is 11.9 Å². The molecular weight excluding hydrogens is 592 g/mol. The van der Waals surface area contributed by atoms with Crippen LogP contribution in [0.2, 0.25) is 0 Å². The van der Waals surface area contributed by atoms with Crippen molar-refractivity contribution in [1.82, 2.24) is 9.97 Å². The molecule has 4 rings (SSSR count). The zero-order valence-corrected chi connectivity index (χ0v) is 26.6. The molecule has 0 aliphatic rings. The van der Waals surface area contributed by atoms with Crippen LogP contribution in [0.25, 0.3) is 21.8 Å². The van der Waals surface area contributed by atoms with Crippen molar-refractivity contribution in [2.24, 2.45) is 11.5 Å². The van der Waals surface area contributed by atoms with Gasteiger partial charge in [0, 0.05) is 60.9 Å². The second-order valence-electron chi connectivity index (χ2n) is 10.7. The molecule has 0 spiro atoms. The molecule has 46 heavy (non-hydrogen) atoms. The number of aromatic amines is 2. The molecular formula is C34H46N4O8. The standard InChI is InChI=1S/C30H38N4O4.2C2H4O2/c31-15-13-21-19-33-27-11-9-23(17-25(21)27)37-29(35)7-5-3-1-2-4-6-8-30(36)38-24-10-12-28-26(18-24)22(14-16-32)20-34-28;2*1-2(3)4/h9-12,17-20,33-34H,1-8,13-16,31-32H2;2*1H3,(H,3,4). The Hall–Kier alpha value is -4.68. The summed E-state index contributed by atoms with van der Waals surface area (Å²) in [7, 11) is 0. The number of fused-ring (bicyclic) bond motifs is 2. The van der Waals surface area contributed by atoms with Gasteiger partial charge in [0.05, 0.1) is 0 Å². The number of aromatic nitrogens is 2. The number of rotatable bonds is 15. The maximum absolute atomic E-state index is 12.3. The van der Waals surface area contributed by atoms with Gasteiger partial charge in [-0.2, -0.15) is 0 Å². The highest BCUT2D eigenvalue weighted by Gasteiger charge is 2.10. The van der Waals surface area contributed by atoms with Crippen LogP contribution in [0.5, 0.6) is 11.5 Å². The number of hydrogen-bond donors (Lipinski definition) is 6. The van der Waals surface area contributed by atoms with Crippen molar-refractivity contribution in [2.45, 2.75) is 78.1 Å². The Morgan fingerprint density at radius 1 is 0.630 bits per heavy atom. The molecule has 0 aliphatic heterocycles. The average Bonchev–Trinajstić information content (AvgIpc) is 3.57. The van der Waals surface area contributed by atoms with E-state index in [9.17, 15) is 9.59 Å². The minimum absolute atomic E-state index is 0.212. The molecule has 12 heteroatoms. The Morgan fingerprint density at radius 2 is 0.978 bits per heavy atom. The first-order chi connectivity index (χ1) is 22.0. The largest absolute Gasteiger partial charge is 0.481 e. The van der Waals surface area contributed by atoms with Crippen LogP contribution in [0.4, 0.5) is 0 Å². The number of carboxylic acids is 2. The molecule has 250 valence electrons. The van der Waals surface area contributed by atoms with E-state index in [2.05, 4.69) is 9.97 Å². The van der Waals surface area contributed by atoms with Gasteiger partial charge in [-0.25, -0.2) is 0 Å². The Morgan fingerprint density at radius 3 is 1.33 bits per heavy atom. The number of H-pyrrole nitrogens is 2. The lowest BCUT2D eigenvalue weighted by Gasteiger charge is -2.06. The summed E-state index contributed by atoms with van der Waals surface area (Å²) in [6.45, 7) is 3.31. The van der Waals surface area contributed by atoms with Gasteiger partial charge in [-0.15, -0.1) is 0 Å². The molecule has 2 heterocycles. The maximum Gasteiger partial charge on any atom is 0.311 e. The summed E-state index contributed by atoms with van der Waals surface area (Å²) in [6, 6.07) is 11.3. The number of ether oxygens (including phenoxy) is 2. The van der Waals surface area contributed by atoms with Crippen molar-refractivity contribution >= 4 is 45.7 Å². The topological polar surface area (TPSA) is 211 Å². The van der Waals surface area contributed by atoms with Crippen molar-refractivity contribution in [3.05, 3.63) is 59.9 Å². The molecule has 2 aromatic carbocycles. The summed E-state index contributed by atoms with van der Waals surface area (Å²) < 4.78 is 11.1. The fourth-order valence-electron chi connectivity index (χ4n) is 4.78. The van der Waals surface area contributed by atoms with E-state index in [0.29, 0.717) is 37.4 Å². The third-order valence-corrected chi connectivity index (χ3v) is 6.78. The smallest absolute Gasteiger partial charge is 0.311 e. The van der Waals surface area contributed by atoms with Gasteiger partial charge >= 0.3 is 11.9 Å². The maximum atomic E-state index is 12.3. The number of carbonyl (C=O) groups excluding carboxylic acids is 2. The van der Waals surface area contributed by atoms with E-state index in [0.717, 1.165) is 98.1 Å². The molecule has 8 N–H and O–H groups in total. The first-order valence-electron chi connectivity index (χ1n) is 15.4. The quantitative estimate of drug-likeness (QED) is 0.0549. The minimum Gasteiger partial charge on any atom is -0.481 e. The molecule has 4 aromatic rings. The number of nitrogens with two attached hydrogens (primary N) is 2. The molecule has 2 aromatic heterocycles.